The Balaban J connectivity index is 2.68. The zero-order valence-corrected chi connectivity index (χ0v) is 9.65. The number of hydrogen-bond acceptors (Lipinski definition) is 2. The molecular formula is C13H13NO3. The average Bonchev–Trinajstić information content (AvgIpc) is 2.61. The van der Waals surface area contributed by atoms with E-state index < -0.39 is 5.97 Å². The van der Waals surface area contributed by atoms with Crippen LogP contribution in [-0.2, 0) is 4.79 Å². The molecule has 0 saturated heterocycles. The third-order valence-electron chi connectivity index (χ3n) is 2.63. The monoisotopic (exact) mass is 231 g/mol. The van der Waals surface area contributed by atoms with E-state index in [-0.39, 0.29) is 0 Å². The molecule has 4 nitrogen and oxygen atoms in total. The van der Waals surface area contributed by atoms with Crippen LogP contribution in [0.5, 0.6) is 5.75 Å². The predicted molar refractivity (Wildman–Crippen MR) is 66.3 cm³/mol. The number of H-pyrrole nitrogens is 1. The maximum Gasteiger partial charge on any atom is 0.328 e. The molecule has 1 heterocycles. The summed E-state index contributed by atoms with van der Waals surface area (Å²) in [5, 5.41) is 9.58. The van der Waals surface area contributed by atoms with Crippen LogP contribution in [0.3, 0.4) is 0 Å². The Morgan fingerprint density at radius 1 is 1.47 bits per heavy atom. The Morgan fingerprint density at radius 2 is 2.24 bits per heavy atom. The fraction of sp³-hybridized carbons (Fsp3) is 0.154. The van der Waals surface area contributed by atoms with Gasteiger partial charge in [0.2, 0.25) is 0 Å². The number of aromatic nitrogens is 1. The molecule has 1 aromatic heterocycles. The van der Waals surface area contributed by atoms with Gasteiger partial charge in [-0.1, -0.05) is 6.07 Å². The highest BCUT2D eigenvalue weighted by molar-refractivity contribution is 5.98. The van der Waals surface area contributed by atoms with Crippen molar-refractivity contribution < 1.29 is 14.6 Å². The van der Waals surface area contributed by atoms with Crippen LogP contribution in [0.4, 0.5) is 0 Å². The molecule has 88 valence electrons. The van der Waals surface area contributed by atoms with E-state index in [4.69, 9.17) is 9.84 Å². The fourth-order valence-corrected chi connectivity index (χ4v) is 1.90. The van der Waals surface area contributed by atoms with Crippen LogP contribution >= 0.6 is 0 Å². The minimum absolute atomic E-state index is 0.733. The largest absolute Gasteiger partial charge is 0.496 e. The van der Waals surface area contributed by atoms with Crippen LogP contribution < -0.4 is 4.74 Å². The Kier molecular flexibility index (Phi) is 2.87. The maximum atomic E-state index is 10.6. The van der Waals surface area contributed by atoms with Crippen molar-refractivity contribution in [3.05, 3.63) is 35.5 Å². The summed E-state index contributed by atoms with van der Waals surface area (Å²) in [7, 11) is 1.60. The number of hydrogen-bond donors (Lipinski definition) is 2. The van der Waals surface area contributed by atoms with Crippen molar-refractivity contribution in [1.82, 2.24) is 4.98 Å². The molecule has 0 aliphatic carbocycles. The highest BCUT2D eigenvalue weighted by Gasteiger charge is 2.10. The van der Waals surface area contributed by atoms with Crippen molar-refractivity contribution in [2.45, 2.75) is 6.92 Å². The standard InChI is InChI=1S/C13H13NO3/c1-8-9(6-7-12(15)16)13-10(14-8)4-3-5-11(13)17-2/h3-7,14H,1-2H3,(H,15,16)/b7-6+. The lowest BCUT2D eigenvalue weighted by molar-refractivity contribution is -0.131. The van der Waals surface area contributed by atoms with Crippen LogP contribution in [-0.4, -0.2) is 23.2 Å². The first kappa shape index (κ1) is 11.3. The van der Waals surface area contributed by atoms with E-state index in [1.54, 1.807) is 13.2 Å². The molecule has 0 atom stereocenters. The molecule has 0 bridgehead atoms. The van der Waals surface area contributed by atoms with E-state index in [0.717, 1.165) is 34.0 Å². The van der Waals surface area contributed by atoms with Crippen molar-refractivity contribution in [2.75, 3.05) is 7.11 Å². The number of carboxylic acids is 1. The normalized spacial score (nSPS) is 11.2. The minimum Gasteiger partial charge on any atom is -0.496 e. The minimum atomic E-state index is -0.964. The van der Waals surface area contributed by atoms with E-state index >= 15 is 0 Å². The van der Waals surface area contributed by atoms with Gasteiger partial charge in [-0.2, -0.15) is 0 Å². The van der Waals surface area contributed by atoms with Gasteiger partial charge in [0.15, 0.2) is 0 Å². The van der Waals surface area contributed by atoms with Gasteiger partial charge in [0.1, 0.15) is 5.75 Å². The molecule has 0 amide bonds. The molecule has 0 aliphatic heterocycles. The first-order chi connectivity index (χ1) is 8.13. The molecule has 2 rings (SSSR count). The summed E-state index contributed by atoms with van der Waals surface area (Å²) in [6.07, 6.45) is 2.71. The lowest BCUT2D eigenvalue weighted by atomic mass is 10.1. The SMILES string of the molecule is COc1cccc2[nH]c(C)c(/C=C/C(=O)O)c12. The van der Waals surface area contributed by atoms with Crippen molar-refractivity contribution in [1.29, 1.82) is 0 Å². The van der Waals surface area contributed by atoms with E-state index in [9.17, 15) is 4.79 Å². The van der Waals surface area contributed by atoms with Gasteiger partial charge in [-0.05, 0) is 25.1 Å². The highest BCUT2D eigenvalue weighted by Crippen LogP contribution is 2.31. The number of ether oxygens (including phenoxy) is 1. The van der Waals surface area contributed by atoms with Crippen molar-refractivity contribution in [2.24, 2.45) is 0 Å². The van der Waals surface area contributed by atoms with Crippen molar-refractivity contribution >= 4 is 22.9 Å². The highest BCUT2D eigenvalue weighted by atomic mass is 16.5. The number of nitrogens with one attached hydrogen (secondary N) is 1. The van der Waals surface area contributed by atoms with E-state index in [1.165, 1.54) is 0 Å². The summed E-state index contributed by atoms with van der Waals surface area (Å²) in [6.45, 7) is 1.90. The third-order valence-corrected chi connectivity index (χ3v) is 2.63. The van der Waals surface area contributed by atoms with Crippen LogP contribution in [0.25, 0.3) is 17.0 Å². The van der Waals surface area contributed by atoms with Gasteiger partial charge >= 0.3 is 5.97 Å². The Morgan fingerprint density at radius 3 is 2.88 bits per heavy atom. The number of fused-ring (bicyclic) bond motifs is 1. The molecular weight excluding hydrogens is 218 g/mol. The fourth-order valence-electron chi connectivity index (χ4n) is 1.90. The molecule has 2 aromatic rings. The van der Waals surface area contributed by atoms with E-state index in [1.807, 2.05) is 25.1 Å². The van der Waals surface area contributed by atoms with Crippen LogP contribution in [0.2, 0.25) is 0 Å². The molecule has 0 saturated carbocycles. The third kappa shape index (κ3) is 2.01. The first-order valence-electron chi connectivity index (χ1n) is 5.19. The molecule has 1 aromatic carbocycles. The Hall–Kier alpha value is -2.23. The van der Waals surface area contributed by atoms with Gasteiger partial charge in [-0.25, -0.2) is 4.79 Å². The van der Waals surface area contributed by atoms with Crippen LogP contribution in [0.15, 0.2) is 24.3 Å². The summed E-state index contributed by atoms with van der Waals surface area (Å²) >= 11 is 0. The van der Waals surface area contributed by atoms with Gasteiger partial charge in [-0.3, -0.25) is 0 Å². The number of carbonyl (C=O) groups is 1. The number of aryl methyl sites for hydroxylation is 1. The molecule has 0 unspecified atom stereocenters. The summed E-state index contributed by atoms with van der Waals surface area (Å²) in [5.74, 6) is -0.231. The summed E-state index contributed by atoms with van der Waals surface area (Å²) in [4.78, 5) is 13.8. The predicted octanol–water partition coefficient (Wildman–Crippen LogP) is 2.58. The molecule has 2 N–H and O–H groups in total. The average molecular weight is 231 g/mol. The number of rotatable bonds is 3. The second-order valence-electron chi connectivity index (χ2n) is 3.72. The number of aromatic amines is 1. The number of methoxy groups -OCH3 is 1. The van der Waals surface area contributed by atoms with Gasteiger partial charge in [0.25, 0.3) is 0 Å². The van der Waals surface area contributed by atoms with Crippen LogP contribution in [0, 0.1) is 6.92 Å². The first-order valence-corrected chi connectivity index (χ1v) is 5.19. The molecule has 0 spiro atoms. The number of carboxylic acid groups (broad SMARTS) is 1. The van der Waals surface area contributed by atoms with Gasteiger partial charge in [0, 0.05) is 28.2 Å². The summed E-state index contributed by atoms with van der Waals surface area (Å²) < 4.78 is 5.29. The van der Waals surface area contributed by atoms with Crippen molar-refractivity contribution in [3.63, 3.8) is 0 Å². The van der Waals surface area contributed by atoms with Gasteiger partial charge in [-0.15, -0.1) is 0 Å². The number of aliphatic carboxylic acids is 1. The van der Waals surface area contributed by atoms with Gasteiger partial charge < -0.3 is 14.8 Å². The zero-order valence-electron chi connectivity index (χ0n) is 9.65. The maximum absolute atomic E-state index is 10.6. The zero-order chi connectivity index (χ0) is 12.4. The number of benzene rings is 1. The van der Waals surface area contributed by atoms with E-state index in [0.29, 0.717) is 0 Å². The smallest absolute Gasteiger partial charge is 0.328 e. The van der Waals surface area contributed by atoms with Gasteiger partial charge in [0.05, 0.1) is 7.11 Å². The topological polar surface area (TPSA) is 62.3 Å². The van der Waals surface area contributed by atoms with E-state index in [2.05, 4.69) is 4.98 Å². The lowest BCUT2D eigenvalue weighted by Gasteiger charge is -2.02. The van der Waals surface area contributed by atoms with Crippen molar-refractivity contribution in [3.8, 4) is 5.75 Å². The summed E-state index contributed by atoms with van der Waals surface area (Å²) in [6, 6.07) is 5.68. The molecule has 0 fully saturated rings. The molecule has 17 heavy (non-hydrogen) atoms. The van der Waals surface area contributed by atoms with Crippen LogP contribution in [0.1, 0.15) is 11.3 Å². The quantitative estimate of drug-likeness (QED) is 0.798. The molecule has 0 radical (unpaired) electrons. The second kappa shape index (κ2) is 4.33. The Bertz CT molecular complexity index is 596. The second-order valence-corrected chi connectivity index (χ2v) is 3.72. The lowest BCUT2D eigenvalue weighted by Crippen LogP contribution is -1.87. The summed E-state index contributed by atoms with van der Waals surface area (Å²) in [5.41, 5.74) is 2.70. The molecule has 4 heteroatoms. The Labute approximate surface area is 98.5 Å². The molecule has 0 aliphatic rings.